The molecule has 1 aromatic carbocycles. The van der Waals surface area contributed by atoms with E-state index in [0.29, 0.717) is 15.2 Å². The number of rotatable bonds is 2. The predicted octanol–water partition coefficient (Wildman–Crippen LogP) is 3.36. The second-order valence-electron chi connectivity index (χ2n) is 2.77. The lowest BCUT2D eigenvalue weighted by Gasteiger charge is -2.09. The standard InChI is InChI=1S/C9H9BrClNOS/c1-5(14)9(13)12-7-4-2-3-6(11)8(7)10/h2-5,14H,1H3,(H,12,13). The van der Waals surface area contributed by atoms with Crippen LogP contribution in [-0.2, 0) is 4.79 Å². The van der Waals surface area contributed by atoms with Crippen LogP contribution in [0.2, 0.25) is 5.02 Å². The van der Waals surface area contributed by atoms with Crippen LogP contribution in [-0.4, -0.2) is 11.2 Å². The van der Waals surface area contributed by atoms with Crippen LogP contribution in [0.25, 0.3) is 0 Å². The van der Waals surface area contributed by atoms with E-state index in [9.17, 15) is 4.79 Å². The maximum Gasteiger partial charge on any atom is 0.236 e. The Labute approximate surface area is 102 Å². The summed E-state index contributed by atoms with van der Waals surface area (Å²) in [6.07, 6.45) is 0. The van der Waals surface area contributed by atoms with Crippen molar-refractivity contribution in [2.24, 2.45) is 0 Å². The lowest BCUT2D eigenvalue weighted by atomic mass is 10.3. The number of carbonyl (C=O) groups is 1. The van der Waals surface area contributed by atoms with E-state index in [1.165, 1.54) is 0 Å². The van der Waals surface area contributed by atoms with Gasteiger partial charge in [-0.2, -0.15) is 12.6 Å². The molecule has 0 radical (unpaired) electrons. The Morgan fingerprint density at radius 3 is 2.86 bits per heavy atom. The van der Waals surface area contributed by atoms with Gasteiger partial charge in [0.1, 0.15) is 0 Å². The Hall–Kier alpha value is -0.190. The molecule has 1 rings (SSSR count). The summed E-state index contributed by atoms with van der Waals surface area (Å²) < 4.78 is 0.684. The third-order valence-corrected chi connectivity index (χ3v) is 3.22. The first-order valence-electron chi connectivity index (χ1n) is 3.95. The first-order valence-corrected chi connectivity index (χ1v) is 5.64. The van der Waals surface area contributed by atoms with Crippen molar-refractivity contribution in [2.45, 2.75) is 12.2 Å². The number of thiol groups is 1. The normalized spacial score (nSPS) is 12.3. The Balaban J connectivity index is 2.87. The Bertz CT molecular complexity index is 357. The van der Waals surface area contributed by atoms with Gasteiger partial charge in [-0.1, -0.05) is 17.7 Å². The molecule has 76 valence electrons. The van der Waals surface area contributed by atoms with E-state index in [-0.39, 0.29) is 11.2 Å². The summed E-state index contributed by atoms with van der Waals surface area (Å²) >= 11 is 13.2. The van der Waals surface area contributed by atoms with Gasteiger partial charge in [0, 0.05) is 0 Å². The van der Waals surface area contributed by atoms with Crippen molar-refractivity contribution < 1.29 is 4.79 Å². The van der Waals surface area contributed by atoms with E-state index >= 15 is 0 Å². The van der Waals surface area contributed by atoms with Crippen LogP contribution in [0.3, 0.4) is 0 Å². The van der Waals surface area contributed by atoms with Crippen molar-refractivity contribution in [3.05, 3.63) is 27.7 Å². The fourth-order valence-corrected chi connectivity index (χ4v) is 1.44. The highest BCUT2D eigenvalue weighted by Gasteiger charge is 2.10. The first kappa shape index (κ1) is 11.9. The Morgan fingerprint density at radius 2 is 2.29 bits per heavy atom. The quantitative estimate of drug-likeness (QED) is 0.805. The SMILES string of the molecule is CC(S)C(=O)Nc1cccc(Cl)c1Br. The fraction of sp³-hybridized carbons (Fsp3) is 0.222. The lowest BCUT2D eigenvalue weighted by Crippen LogP contribution is -2.20. The molecule has 5 heteroatoms. The van der Waals surface area contributed by atoms with Crippen LogP contribution in [0.15, 0.2) is 22.7 Å². The highest BCUT2D eigenvalue weighted by Crippen LogP contribution is 2.30. The number of anilines is 1. The van der Waals surface area contributed by atoms with Crippen molar-refractivity contribution >= 4 is 51.8 Å². The summed E-state index contributed by atoms with van der Waals surface area (Å²) in [6.45, 7) is 1.71. The number of halogens is 2. The van der Waals surface area contributed by atoms with Gasteiger partial charge in [0.25, 0.3) is 0 Å². The second-order valence-corrected chi connectivity index (χ2v) is 4.74. The van der Waals surface area contributed by atoms with Gasteiger partial charge in [-0.25, -0.2) is 0 Å². The van der Waals surface area contributed by atoms with Gasteiger partial charge in [0.05, 0.1) is 20.4 Å². The zero-order valence-corrected chi connectivity index (χ0v) is 10.7. The molecular formula is C9H9BrClNOS. The monoisotopic (exact) mass is 293 g/mol. The van der Waals surface area contributed by atoms with Crippen molar-refractivity contribution in [2.75, 3.05) is 5.32 Å². The molecule has 0 aliphatic heterocycles. The molecule has 1 N–H and O–H groups in total. The third kappa shape index (κ3) is 2.90. The van der Waals surface area contributed by atoms with Gasteiger partial charge >= 0.3 is 0 Å². The smallest absolute Gasteiger partial charge is 0.236 e. The van der Waals surface area contributed by atoms with Crippen LogP contribution in [0.4, 0.5) is 5.69 Å². The van der Waals surface area contributed by atoms with E-state index in [0.717, 1.165) is 0 Å². The van der Waals surface area contributed by atoms with Crippen molar-refractivity contribution in [3.8, 4) is 0 Å². The molecule has 0 bridgehead atoms. The number of nitrogens with one attached hydrogen (secondary N) is 1. The minimum Gasteiger partial charge on any atom is -0.324 e. The maximum atomic E-state index is 11.3. The Morgan fingerprint density at radius 1 is 1.64 bits per heavy atom. The zero-order chi connectivity index (χ0) is 10.7. The van der Waals surface area contributed by atoms with Gasteiger partial charge in [-0.05, 0) is 35.0 Å². The van der Waals surface area contributed by atoms with Crippen molar-refractivity contribution in [1.82, 2.24) is 0 Å². The summed E-state index contributed by atoms with van der Waals surface area (Å²) in [5, 5.41) is 2.92. The van der Waals surface area contributed by atoms with E-state index in [1.54, 1.807) is 25.1 Å². The van der Waals surface area contributed by atoms with Crippen LogP contribution >= 0.6 is 40.2 Å². The molecule has 14 heavy (non-hydrogen) atoms. The molecule has 0 heterocycles. The molecule has 1 amide bonds. The number of benzene rings is 1. The molecule has 0 aliphatic rings. The Kier molecular flexibility index (Phi) is 4.29. The van der Waals surface area contributed by atoms with Gasteiger partial charge in [-0.3, -0.25) is 4.79 Å². The largest absolute Gasteiger partial charge is 0.324 e. The van der Waals surface area contributed by atoms with Crippen LogP contribution in [0.5, 0.6) is 0 Å². The molecule has 0 fully saturated rings. The van der Waals surface area contributed by atoms with Gasteiger partial charge in [0.2, 0.25) is 5.91 Å². The predicted molar refractivity (Wildman–Crippen MR) is 66.2 cm³/mol. The molecule has 0 spiro atoms. The third-order valence-electron chi connectivity index (χ3n) is 1.59. The molecule has 2 nitrogen and oxygen atoms in total. The van der Waals surface area contributed by atoms with E-state index < -0.39 is 0 Å². The van der Waals surface area contributed by atoms with Crippen molar-refractivity contribution in [1.29, 1.82) is 0 Å². The molecule has 0 saturated heterocycles. The topological polar surface area (TPSA) is 29.1 Å². The molecule has 1 unspecified atom stereocenters. The number of hydrogen-bond donors (Lipinski definition) is 2. The van der Waals surface area contributed by atoms with Crippen molar-refractivity contribution in [3.63, 3.8) is 0 Å². The van der Waals surface area contributed by atoms with Crippen LogP contribution < -0.4 is 5.32 Å². The molecular weight excluding hydrogens is 286 g/mol. The molecule has 1 atom stereocenters. The van der Waals surface area contributed by atoms with Crippen LogP contribution in [0, 0.1) is 0 Å². The first-order chi connectivity index (χ1) is 6.52. The molecule has 0 aromatic heterocycles. The van der Waals surface area contributed by atoms with E-state index in [1.807, 2.05) is 0 Å². The van der Waals surface area contributed by atoms with E-state index in [2.05, 4.69) is 33.9 Å². The summed E-state index contributed by atoms with van der Waals surface area (Å²) in [4.78, 5) is 11.3. The second kappa shape index (κ2) is 5.05. The van der Waals surface area contributed by atoms with Gasteiger partial charge in [0.15, 0.2) is 0 Å². The summed E-state index contributed by atoms with van der Waals surface area (Å²) in [5.41, 5.74) is 0.656. The van der Waals surface area contributed by atoms with Gasteiger partial charge < -0.3 is 5.32 Å². The molecule has 0 aliphatic carbocycles. The summed E-state index contributed by atoms with van der Waals surface area (Å²) in [6, 6.07) is 5.28. The summed E-state index contributed by atoms with van der Waals surface area (Å²) in [7, 11) is 0. The zero-order valence-electron chi connectivity index (χ0n) is 7.42. The van der Waals surface area contributed by atoms with Gasteiger partial charge in [-0.15, -0.1) is 0 Å². The molecule has 0 saturated carbocycles. The highest BCUT2D eigenvalue weighted by molar-refractivity contribution is 9.10. The number of carbonyl (C=O) groups excluding carboxylic acids is 1. The van der Waals surface area contributed by atoms with Crippen LogP contribution in [0.1, 0.15) is 6.92 Å². The highest BCUT2D eigenvalue weighted by atomic mass is 79.9. The maximum absolute atomic E-state index is 11.3. The average molecular weight is 295 g/mol. The average Bonchev–Trinajstić information content (AvgIpc) is 2.12. The number of amides is 1. The molecule has 1 aromatic rings. The minimum atomic E-state index is -0.346. The lowest BCUT2D eigenvalue weighted by molar-refractivity contribution is -0.115. The summed E-state index contributed by atoms with van der Waals surface area (Å²) in [5.74, 6) is -0.156. The number of hydrogen-bond acceptors (Lipinski definition) is 2. The van der Waals surface area contributed by atoms with E-state index in [4.69, 9.17) is 11.6 Å². The minimum absolute atomic E-state index is 0.156. The fourth-order valence-electron chi connectivity index (χ4n) is 0.838.